The molecule has 3 amide bonds. The molecule has 0 unspecified atom stereocenters. The highest BCUT2D eigenvalue weighted by atomic mass is 16.4. The Balaban J connectivity index is 2.17. The van der Waals surface area contributed by atoms with Crippen molar-refractivity contribution in [2.24, 2.45) is 5.41 Å². The second kappa shape index (κ2) is 7.12. The zero-order valence-electron chi connectivity index (χ0n) is 12.0. The first kappa shape index (κ1) is 16.3. The Labute approximate surface area is 118 Å². The van der Waals surface area contributed by atoms with Crippen molar-refractivity contribution < 1.29 is 19.5 Å². The van der Waals surface area contributed by atoms with Gasteiger partial charge in [0, 0.05) is 6.04 Å². The molecule has 0 radical (unpaired) electrons. The highest BCUT2D eigenvalue weighted by Gasteiger charge is 2.27. The van der Waals surface area contributed by atoms with E-state index in [1.165, 1.54) is 0 Å². The number of carboxylic acids is 1. The van der Waals surface area contributed by atoms with Crippen molar-refractivity contribution in [2.45, 2.75) is 45.6 Å². The van der Waals surface area contributed by atoms with Gasteiger partial charge in [-0.05, 0) is 31.1 Å². The Morgan fingerprint density at radius 3 is 2.25 bits per heavy atom. The summed E-state index contributed by atoms with van der Waals surface area (Å²) in [6.07, 6.45) is 4.01. The minimum Gasteiger partial charge on any atom is -0.480 e. The lowest BCUT2D eigenvalue weighted by Gasteiger charge is -2.34. The Kier molecular flexibility index (Phi) is 5.79. The number of amides is 3. The number of urea groups is 1. The van der Waals surface area contributed by atoms with E-state index in [1.54, 1.807) is 0 Å². The van der Waals surface area contributed by atoms with E-state index in [0.29, 0.717) is 5.41 Å². The normalized spacial score (nSPS) is 18.1. The van der Waals surface area contributed by atoms with Crippen LogP contribution < -0.4 is 16.0 Å². The Morgan fingerprint density at radius 2 is 1.70 bits per heavy atom. The Hall–Kier alpha value is -1.79. The maximum atomic E-state index is 11.6. The van der Waals surface area contributed by atoms with Crippen LogP contribution in [0.25, 0.3) is 0 Å². The van der Waals surface area contributed by atoms with Crippen LogP contribution in [0, 0.1) is 5.41 Å². The largest absolute Gasteiger partial charge is 0.480 e. The van der Waals surface area contributed by atoms with Crippen molar-refractivity contribution in [1.82, 2.24) is 16.0 Å². The molecule has 0 aromatic carbocycles. The monoisotopic (exact) mass is 285 g/mol. The second-order valence-corrected chi connectivity index (χ2v) is 5.94. The summed E-state index contributed by atoms with van der Waals surface area (Å²) in [7, 11) is 0. The van der Waals surface area contributed by atoms with Gasteiger partial charge in [-0.1, -0.05) is 13.8 Å². The molecule has 0 atom stereocenters. The van der Waals surface area contributed by atoms with Crippen molar-refractivity contribution >= 4 is 17.9 Å². The van der Waals surface area contributed by atoms with Gasteiger partial charge >= 0.3 is 12.0 Å². The van der Waals surface area contributed by atoms with Crippen molar-refractivity contribution in [3.63, 3.8) is 0 Å². The molecule has 1 saturated carbocycles. The molecule has 20 heavy (non-hydrogen) atoms. The minimum atomic E-state index is -1.12. The number of rotatable bonds is 5. The van der Waals surface area contributed by atoms with Crippen LogP contribution >= 0.6 is 0 Å². The van der Waals surface area contributed by atoms with E-state index in [2.05, 4.69) is 29.8 Å². The van der Waals surface area contributed by atoms with Gasteiger partial charge < -0.3 is 21.1 Å². The number of carbonyl (C=O) groups excluding carboxylic acids is 2. The number of carbonyl (C=O) groups is 3. The quantitative estimate of drug-likeness (QED) is 0.588. The fourth-order valence-corrected chi connectivity index (χ4v) is 2.18. The standard InChI is InChI=1S/C13H23N3O4/c1-13(2)5-3-9(4-6-13)16-12(20)15-7-10(17)14-8-11(18)19/h9H,3-8H2,1-2H3,(H,14,17)(H,18,19)(H2,15,16,20). The summed E-state index contributed by atoms with van der Waals surface area (Å²) >= 11 is 0. The van der Waals surface area contributed by atoms with Gasteiger partial charge in [0.2, 0.25) is 5.91 Å². The molecule has 7 heteroatoms. The SMILES string of the molecule is CC1(C)CCC(NC(=O)NCC(=O)NCC(=O)O)CC1. The minimum absolute atomic E-state index is 0.144. The lowest BCUT2D eigenvalue weighted by Crippen LogP contribution is -2.47. The summed E-state index contributed by atoms with van der Waals surface area (Å²) in [5, 5.41) is 15.8. The Morgan fingerprint density at radius 1 is 1.10 bits per heavy atom. The van der Waals surface area contributed by atoms with E-state index >= 15 is 0 Å². The smallest absolute Gasteiger partial charge is 0.322 e. The number of hydrogen-bond donors (Lipinski definition) is 4. The first-order valence-corrected chi connectivity index (χ1v) is 6.81. The molecule has 1 aliphatic rings. The van der Waals surface area contributed by atoms with E-state index in [4.69, 9.17) is 5.11 Å². The summed E-state index contributed by atoms with van der Waals surface area (Å²) in [6, 6.07) is -0.245. The topological polar surface area (TPSA) is 108 Å². The summed E-state index contributed by atoms with van der Waals surface area (Å²) in [4.78, 5) is 33.1. The fourth-order valence-electron chi connectivity index (χ4n) is 2.18. The van der Waals surface area contributed by atoms with Gasteiger partial charge in [0.1, 0.15) is 6.54 Å². The highest BCUT2D eigenvalue weighted by Crippen LogP contribution is 2.34. The van der Waals surface area contributed by atoms with Crippen LogP contribution in [0.2, 0.25) is 0 Å². The van der Waals surface area contributed by atoms with Crippen molar-refractivity contribution in [3.8, 4) is 0 Å². The zero-order valence-corrected chi connectivity index (χ0v) is 12.0. The third kappa shape index (κ3) is 6.40. The van der Waals surface area contributed by atoms with Crippen LogP contribution in [0.4, 0.5) is 4.79 Å². The number of hydrogen-bond acceptors (Lipinski definition) is 3. The lowest BCUT2D eigenvalue weighted by molar-refractivity contribution is -0.137. The van der Waals surface area contributed by atoms with E-state index in [-0.39, 0.29) is 18.6 Å². The molecule has 0 aromatic rings. The van der Waals surface area contributed by atoms with E-state index < -0.39 is 18.4 Å². The third-order valence-corrected chi connectivity index (χ3v) is 3.52. The summed E-state index contributed by atoms with van der Waals surface area (Å²) < 4.78 is 0. The van der Waals surface area contributed by atoms with Gasteiger partial charge in [-0.15, -0.1) is 0 Å². The maximum Gasteiger partial charge on any atom is 0.322 e. The molecular weight excluding hydrogens is 262 g/mol. The van der Waals surface area contributed by atoms with E-state index in [9.17, 15) is 14.4 Å². The van der Waals surface area contributed by atoms with E-state index in [1.807, 2.05) is 0 Å². The van der Waals surface area contributed by atoms with Crippen LogP contribution in [0.3, 0.4) is 0 Å². The molecule has 1 aliphatic carbocycles. The number of nitrogens with one attached hydrogen (secondary N) is 3. The van der Waals surface area contributed by atoms with Crippen LogP contribution in [0.15, 0.2) is 0 Å². The molecule has 114 valence electrons. The lowest BCUT2D eigenvalue weighted by atomic mass is 9.76. The summed E-state index contributed by atoms with van der Waals surface area (Å²) in [6.45, 7) is 3.77. The fraction of sp³-hybridized carbons (Fsp3) is 0.769. The predicted octanol–water partition coefficient (Wildman–Crippen LogP) is 0.455. The molecule has 1 rings (SSSR count). The van der Waals surface area contributed by atoms with Crippen LogP contribution in [0.1, 0.15) is 39.5 Å². The van der Waals surface area contributed by atoms with Gasteiger partial charge in [-0.2, -0.15) is 0 Å². The Bertz CT molecular complexity index is 372. The third-order valence-electron chi connectivity index (χ3n) is 3.52. The molecule has 4 N–H and O–H groups in total. The number of aliphatic carboxylic acids is 1. The maximum absolute atomic E-state index is 11.6. The highest BCUT2D eigenvalue weighted by molar-refractivity contribution is 5.86. The molecule has 0 saturated heterocycles. The first-order valence-electron chi connectivity index (χ1n) is 6.81. The number of carboxylic acid groups (broad SMARTS) is 1. The molecule has 0 aromatic heterocycles. The van der Waals surface area contributed by atoms with Gasteiger partial charge in [-0.25, -0.2) is 4.79 Å². The van der Waals surface area contributed by atoms with E-state index in [0.717, 1.165) is 25.7 Å². The zero-order chi connectivity index (χ0) is 15.2. The van der Waals surface area contributed by atoms with Gasteiger partial charge in [-0.3, -0.25) is 9.59 Å². The van der Waals surface area contributed by atoms with Gasteiger partial charge in [0.05, 0.1) is 6.54 Å². The average Bonchev–Trinajstić information content (AvgIpc) is 2.36. The van der Waals surface area contributed by atoms with Crippen molar-refractivity contribution in [1.29, 1.82) is 0 Å². The molecule has 0 heterocycles. The van der Waals surface area contributed by atoms with Crippen molar-refractivity contribution in [2.75, 3.05) is 13.1 Å². The molecule has 0 bridgehead atoms. The second-order valence-electron chi connectivity index (χ2n) is 5.94. The average molecular weight is 285 g/mol. The predicted molar refractivity (Wildman–Crippen MR) is 73.2 cm³/mol. The molecule has 1 fully saturated rings. The van der Waals surface area contributed by atoms with Gasteiger partial charge in [0.15, 0.2) is 0 Å². The van der Waals surface area contributed by atoms with Crippen LogP contribution in [-0.4, -0.2) is 42.1 Å². The van der Waals surface area contributed by atoms with Crippen LogP contribution in [-0.2, 0) is 9.59 Å². The molecule has 0 spiro atoms. The van der Waals surface area contributed by atoms with Crippen LogP contribution in [0.5, 0.6) is 0 Å². The first-order chi connectivity index (χ1) is 9.28. The summed E-state index contributed by atoms with van der Waals surface area (Å²) in [5.41, 5.74) is 0.339. The molecular formula is C13H23N3O4. The molecule has 0 aliphatic heterocycles. The van der Waals surface area contributed by atoms with Crippen molar-refractivity contribution in [3.05, 3.63) is 0 Å². The van der Waals surface area contributed by atoms with Gasteiger partial charge in [0.25, 0.3) is 0 Å². The molecule has 7 nitrogen and oxygen atoms in total. The summed E-state index contributed by atoms with van der Waals surface area (Å²) in [5.74, 6) is -1.64.